The van der Waals surface area contributed by atoms with Crippen molar-refractivity contribution in [2.24, 2.45) is 0 Å². The first kappa shape index (κ1) is 12.3. The zero-order chi connectivity index (χ0) is 13.6. The van der Waals surface area contributed by atoms with E-state index in [1.165, 1.54) is 5.56 Å². The van der Waals surface area contributed by atoms with Gasteiger partial charge in [0.15, 0.2) is 0 Å². The number of fused-ring (bicyclic) bond motifs is 1. The highest BCUT2D eigenvalue weighted by molar-refractivity contribution is 6.42. The zero-order valence-corrected chi connectivity index (χ0v) is 11.7. The minimum absolute atomic E-state index is 0.414. The van der Waals surface area contributed by atoms with Gasteiger partial charge in [-0.2, -0.15) is 0 Å². The van der Waals surface area contributed by atoms with Crippen molar-refractivity contribution in [2.75, 3.05) is 5.73 Å². The van der Waals surface area contributed by atoms with Crippen molar-refractivity contribution >= 4 is 40.2 Å². The molecule has 5 heteroatoms. The van der Waals surface area contributed by atoms with E-state index in [1.54, 1.807) is 12.1 Å². The van der Waals surface area contributed by atoms with Gasteiger partial charge in [0.25, 0.3) is 0 Å². The van der Waals surface area contributed by atoms with E-state index in [0.717, 1.165) is 16.7 Å². The van der Waals surface area contributed by atoms with Crippen molar-refractivity contribution in [3.8, 4) is 5.69 Å². The number of benzene rings is 2. The molecule has 96 valence electrons. The van der Waals surface area contributed by atoms with Crippen LogP contribution in [0.5, 0.6) is 0 Å². The van der Waals surface area contributed by atoms with E-state index in [2.05, 4.69) is 4.98 Å². The molecule has 0 aliphatic heterocycles. The quantitative estimate of drug-likeness (QED) is 0.729. The molecule has 19 heavy (non-hydrogen) atoms. The Morgan fingerprint density at radius 3 is 2.37 bits per heavy atom. The lowest BCUT2D eigenvalue weighted by molar-refractivity contribution is 1.11. The van der Waals surface area contributed by atoms with Crippen LogP contribution in [0.2, 0.25) is 10.0 Å². The molecule has 0 bridgehead atoms. The maximum Gasteiger partial charge on any atom is 0.205 e. The molecule has 2 N–H and O–H groups in total. The Morgan fingerprint density at radius 1 is 1.05 bits per heavy atom. The molecule has 2 aromatic carbocycles. The fourth-order valence-corrected chi connectivity index (χ4v) is 2.37. The zero-order valence-electron chi connectivity index (χ0n) is 10.2. The largest absolute Gasteiger partial charge is 0.369 e. The van der Waals surface area contributed by atoms with Gasteiger partial charge in [-0.15, -0.1) is 0 Å². The predicted octanol–water partition coefficient (Wildman–Crippen LogP) is 4.22. The summed E-state index contributed by atoms with van der Waals surface area (Å²) in [6, 6.07) is 11.5. The SMILES string of the molecule is Cc1ccc(-n2c(N)nc3cc(Cl)c(Cl)cc32)cc1. The average Bonchev–Trinajstić information content (AvgIpc) is 2.67. The number of anilines is 1. The molecule has 0 fully saturated rings. The summed E-state index contributed by atoms with van der Waals surface area (Å²) >= 11 is 12.1. The summed E-state index contributed by atoms with van der Waals surface area (Å²) in [5, 5.41) is 0.963. The molecule has 0 aliphatic rings. The van der Waals surface area contributed by atoms with Crippen molar-refractivity contribution in [3.63, 3.8) is 0 Å². The van der Waals surface area contributed by atoms with E-state index in [9.17, 15) is 0 Å². The minimum atomic E-state index is 0.414. The van der Waals surface area contributed by atoms with E-state index in [0.29, 0.717) is 16.0 Å². The average molecular weight is 292 g/mol. The smallest absolute Gasteiger partial charge is 0.205 e. The maximum absolute atomic E-state index is 6.07. The molecule has 0 aliphatic carbocycles. The number of nitrogen functional groups attached to an aromatic ring is 1. The summed E-state index contributed by atoms with van der Waals surface area (Å²) in [6.07, 6.45) is 0. The third kappa shape index (κ3) is 2.05. The first-order valence-corrected chi connectivity index (χ1v) is 6.52. The van der Waals surface area contributed by atoms with Gasteiger partial charge in [0.1, 0.15) is 0 Å². The van der Waals surface area contributed by atoms with E-state index in [1.807, 2.05) is 35.8 Å². The number of imidazole rings is 1. The second-order valence-corrected chi connectivity index (χ2v) is 5.21. The molecule has 3 aromatic rings. The lowest BCUT2D eigenvalue weighted by atomic mass is 10.2. The summed E-state index contributed by atoms with van der Waals surface area (Å²) in [4.78, 5) is 4.31. The first-order valence-electron chi connectivity index (χ1n) is 5.76. The summed E-state index contributed by atoms with van der Waals surface area (Å²) in [6.45, 7) is 2.04. The number of hydrogen-bond donors (Lipinski definition) is 1. The van der Waals surface area contributed by atoms with Gasteiger partial charge in [-0.1, -0.05) is 40.9 Å². The van der Waals surface area contributed by atoms with Gasteiger partial charge < -0.3 is 5.73 Å². The van der Waals surface area contributed by atoms with Gasteiger partial charge in [0.2, 0.25) is 5.95 Å². The number of nitrogens with zero attached hydrogens (tertiary/aromatic N) is 2. The number of aryl methyl sites for hydroxylation is 1. The van der Waals surface area contributed by atoms with Gasteiger partial charge in [0.05, 0.1) is 21.1 Å². The van der Waals surface area contributed by atoms with Gasteiger partial charge in [-0.3, -0.25) is 4.57 Å². The van der Waals surface area contributed by atoms with E-state index in [4.69, 9.17) is 28.9 Å². The minimum Gasteiger partial charge on any atom is -0.369 e. The van der Waals surface area contributed by atoms with E-state index in [-0.39, 0.29) is 0 Å². The Morgan fingerprint density at radius 2 is 1.68 bits per heavy atom. The second kappa shape index (κ2) is 4.44. The molecular formula is C14H11Cl2N3. The fourth-order valence-electron chi connectivity index (χ4n) is 2.06. The van der Waals surface area contributed by atoms with Gasteiger partial charge in [-0.05, 0) is 31.2 Å². The molecule has 0 saturated carbocycles. The van der Waals surface area contributed by atoms with Crippen LogP contribution in [-0.4, -0.2) is 9.55 Å². The topological polar surface area (TPSA) is 43.8 Å². The molecule has 0 radical (unpaired) electrons. The molecule has 0 amide bonds. The summed E-state index contributed by atoms with van der Waals surface area (Å²) in [7, 11) is 0. The van der Waals surface area contributed by atoms with Crippen LogP contribution < -0.4 is 5.73 Å². The Hall–Kier alpha value is -1.71. The van der Waals surface area contributed by atoms with Gasteiger partial charge in [0, 0.05) is 5.69 Å². The van der Waals surface area contributed by atoms with Crippen LogP contribution in [0.3, 0.4) is 0 Å². The molecule has 0 saturated heterocycles. The third-order valence-electron chi connectivity index (χ3n) is 3.01. The number of nitrogens with two attached hydrogens (primary N) is 1. The Bertz CT molecular complexity index is 760. The predicted molar refractivity (Wildman–Crippen MR) is 80.2 cm³/mol. The lowest BCUT2D eigenvalue weighted by Gasteiger charge is -2.07. The van der Waals surface area contributed by atoms with Crippen LogP contribution in [0.15, 0.2) is 36.4 Å². The van der Waals surface area contributed by atoms with E-state index < -0.39 is 0 Å². The van der Waals surface area contributed by atoms with Crippen molar-refractivity contribution < 1.29 is 0 Å². The van der Waals surface area contributed by atoms with Crippen molar-refractivity contribution in [1.82, 2.24) is 9.55 Å². The van der Waals surface area contributed by atoms with Crippen LogP contribution in [0.1, 0.15) is 5.56 Å². The van der Waals surface area contributed by atoms with Crippen molar-refractivity contribution in [2.45, 2.75) is 6.92 Å². The Labute approximate surface area is 120 Å². The lowest BCUT2D eigenvalue weighted by Crippen LogP contribution is -2.00. The van der Waals surface area contributed by atoms with Crippen LogP contribution in [0.4, 0.5) is 5.95 Å². The molecule has 0 atom stereocenters. The Balaban J connectivity index is 2.31. The van der Waals surface area contributed by atoms with E-state index >= 15 is 0 Å². The summed E-state index contributed by atoms with van der Waals surface area (Å²) in [5.41, 5.74) is 9.70. The fraction of sp³-hybridized carbons (Fsp3) is 0.0714. The van der Waals surface area contributed by atoms with Crippen LogP contribution in [-0.2, 0) is 0 Å². The molecule has 0 spiro atoms. The second-order valence-electron chi connectivity index (χ2n) is 4.40. The van der Waals surface area contributed by atoms with Crippen LogP contribution in [0, 0.1) is 6.92 Å². The maximum atomic E-state index is 6.07. The molecule has 1 aromatic heterocycles. The van der Waals surface area contributed by atoms with Crippen LogP contribution in [0.25, 0.3) is 16.7 Å². The van der Waals surface area contributed by atoms with Crippen molar-refractivity contribution in [1.29, 1.82) is 0 Å². The summed E-state index contributed by atoms with van der Waals surface area (Å²) in [5.74, 6) is 0.414. The van der Waals surface area contributed by atoms with Crippen LogP contribution >= 0.6 is 23.2 Å². The molecule has 0 unspecified atom stereocenters. The Kier molecular flexibility index (Phi) is 2.88. The highest BCUT2D eigenvalue weighted by atomic mass is 35.5. The monoisotopic (exact) mass is 291 g/mol. The molecule has 3 rings (SSSR count). The highest BCUT2D eigenvalue weighted by Gasteiger charge is 2.12. The van der Waals surface area contributed by atoms with Gasteiger partial charge >= 0.3 is 0 Å². The number of rotatable bonds is 1. The normalized spacial score (nSPS) is 11.1. The number of halogens is 2. The highest BCUT2D eigenvalue weighted by Crippen LogP contribution is 2.30. The van der Waals surface area contributed by atoms with Gasteiger partial charge in [-0.25, -0.2) is 4.98 Å². The number of aromatic nitrogens is 2. The first-order chi connectivity index (χ1) is 9.06. The van der Waals surface area contributed by atoms with Crippen molar-refractivity contribution in [3.05, 3.63) is 52.0 Å². The standard InChI is InChI=1S/C14H11Cl2N3/c1-8-2-4-9(5-3-8)19-13-7-11(16)10(15)6-12(13)18-14(19)17/h2-7H,1H3,(H2,17,18). The molecule has 1 heterocycles. The molecule has 3 nitrogen and oxygen atoms in total. The summed E-state index contributed by atoms with van der Waals surface area (Å²) < 4.78 is 1.86. The molecular weight excluding hydrogens is 281 g/mol. The third-order valence-corrected chi connectivity index (χ3v) is 3.74. The number of hydrogen-bond acceptors (Lipinski definition) is 2.